The van der Waals surface area contributed by atoms with Crippen molar-refractivity contribution in [3.8, 4) is 0 Å². The average Bonchev–Trinajstić information content (AvgIpc) is 3.02. The third-order valence-corrected chi connectivity index (χ3v) is 4.57. The van der Waals surface area contributed by atoms with E-state index in [1.165, 1.54) is 25.7 Å². The van der Waals surface area contributed by atoms with Crippen molar-refractivity contribution >= 4 is 17.0 Å². The Morgan fingerprint density at radius 3 is 2.83 bits per heavy atom. The number of rotatable bonds is 2. The van der Waals surface area contributed by atoms with Crippen LogP contribution in [0.1, 0.15) is 30.7 Å². The predicted octanol–water partition coefficient (Wildman–Crippen LogP) is 1.77. The van der Waals surface area contributed by atoms with Gasteiger partial charge in [0.2, 0.25) is 0 Å². The second-order valence-corrected chi connectivity index (χ2v) is 5.97. The number of hydrogen-bond acceptors (Lipinski definition) is 5. The molecule has 0 spiro atoms. The standard InChI is InChI=1S/C13H18N4S/c14-10-7-11(12-16-5-6-18-12)17-13(15,8-10)9-3-1-2-4-9/h5-9,17H,1-4,14-15H2. The van der Waals surface area contributed by atoms with Crippen LogP contribution in [0.5, 0.6) is 0 Å². The van der Waals surface area contributed by atoms with E-state index in [0.717, 1.165) is 16.4 Å². The molecule has 5 N–H and O–H groups in total. The molecular formula is C13H18N4S. The highest BCUT2D eigenvalue weighted by Crippen LogP contribution is 2.35. The normalized spacial score (nSPS) is 28.7. The van der Waals surface area contributed by atoms with Gasteiger partial charge in [0.05, 0.1) is 5.70 Å². The summed E-state index contributed by atoms with van der Waals surface area (Å²) in [5.41, 5.74) is 13.7. The van der Waals surface area contributed by atoms with Crippen molar-refractivity contribution in [3.05, 3.63) is 34.4 Å². The fraction of sp³-hybridized carbons (Fsp3) is 0.462. The minimum Gasteiger partial charge on any atom is -0.399 e. The topological polar surface area (TPSA) is 77.0 Å². The molecule has 0 radical (unpaired) electrons. The Balaban J connectivity index is 1.90. The van der Waals surface area contributed by atoms with Crippen molar-refractivity contribution in [3.63, 3.8) is 0 Å². The van der Waals surface area contributed by atoms with Crippen LogP contribution in [0.15, 0.2) is 29.4 Å². The smallest absolute Gasteiger partial charge is 0.139 e. The number of allylic oxidation sites excluding steroid dienone is 1. The van der Waals surface area contributed by atoms with Gasteiger partial charge >= 0.3 is 0 Å². The van der Waals surface area contributed by atoms with E-state index in [9.17, 15) is 0 Å². The summed E-state index contributed by atoms with van der Waals surface area (Å²) in [6, 6.07) is 0. The van der Waals surface area contributed by atoms with Crippen LogP contribution in [0, 0.1) is 5.92 Å². The molecule has 0 bridgehead atoms. The number of dihydropyridines is 1. The van der Waals surface area contributed by atoms with Crippen molar-refractivity contribution in [1.29, 1.82) is 0 Å². The van der Waals surface area contributed by atoms with Crippen LogP contribution in [0.4, 0.5) is 0 Å². The highest BCUT2D eigenvalue weighted by molar-refractivity contribution is 7.10. The molecule has 4 nitrogen and oxygen atoms in total. The van der Waals surface area contributed by atoms with Gasteiger partial charge in [0.1, 0.15) is 10.7 Å². The number of aromatic nitrogens is 1. The fourth-order valence-electron chi connectivity index (χ4n) is 2.88. The van der Waals surface area contributed by atoms with E-state index in [4.69, 9.17) is 11.5 Å². The molecule has 1 fully saturated rings. The van der Waals surface area contributed by atoms with Gasteiger partial charge in [0, 0.05) is 17.3 Å². The molecule has 5 heteroatoms. The summed E-state index contributed by atoms with van der Waals surface area (Å²) in [5, 5.41) is 6.34. The molecule has 1 aliphatic heterocycles. The molecule has 1 aromatic heterocycles. The summed E-state index contributed by atoms with van der Waals surface area (Å²) in [6.07, 6.45) is 10.5. The maximum atomic E-state index is 6.52. The van der Waals surface area contributed by atoms with Gasteiger partial charge in [-0.25, -0.2) is 4.98 Å². The lowest BCUT2D eigenvalue weighted by Gasteiger charge is -2.37. The van der Waals surface area contributed by atoms with Crippen molar-refractivity contribution < 1.29 is 0 Å². The van der Waals surface area contributed by atoms with E-state index in [2.05, 4.69) is 10.3 Å². The molecule has 2 heterocycles. The first-order chi connectivity index (χ1) is 8.67. The summed E-state index contributed by atoms with van der Waals surface area (Å²) < 4.78 is 0. The third kappa shape index (κ3) is 2.04. The molecular weight excluding hydrogens is 244 g/mol. The Hall–Kier alpha value is -1.33. The average molecular weight is 262 g/mol. The monoisotopic (exact) mass is 262 g/mol. The lowest BCUT2D eigenvalue weighted by molar-refractivity contribution is 0.307. The fourth-order valence-corrected chi connectivity index (χ4v) is 3.49. The lowest BCUT2D eigenvalue weighted by Crippen LogP contribution is -2.57. The summed E-state index contributed by atoms with van der Waals surface area (Å²) in [6.45, 7) is 0. The Kier molecular flexibility index (Phi) is 2.87. The summed E-state index contributed by atoms with van der Waals surface area (Å²) in [5.74, 6) is 0.458. The Morgan fingerprint density at radius 1 is 1.39 bits per heavy atom. The Labute approximate surface area is 111 Å². The molecule has 1 atom stereocenters. The molecule has 3 rings (SSSR count). The Bertz CT molecular complexity index is 485. The van der Waals surface area contributed by atoms with E-state index in [1.807, 2.05) is 17.5 Å². The first-order valence-electron chi connectivity index (χ1n) is 6.34. The van der Waals surface area contributed by atoms with Crippen molar-refractivity contribution in [1.82, 2.24) is 10.3 Å². The first kappa shape index (κ1) is 11.7. The van der Waals surface area contributed by atoms with E-state index in [-0.39, 0.29) is 0 Å². The Morgan fingerprint density at radius 2 is 2.17 bits per heavy atom. The zero-order chi connectivity index (χ0) is 12.6. The summed E-state index contributed by atoms with van der Waals surface area (Å²) >= 11 is 1.59. The zero-order valence-corrected chi connectivity index (χ0v) is 11.0. The molecule has 2 aliphatic rings. The molecule has 1 aliphatic carbocycles. The van der Waals surface area contributed by atoms with Gasteiger partial charge in [-0.1, -0.05) is 12.8 Å². The quantitative estimate of drug-likeness (QED) is 0.759. The number of hydrogen-bond donors (Lipinski definition) is 3. The second-order valence-electron chi connectivity index (χ2n) is 5.08. The van der Waals surface area contributed by atoms with Gasteiger partial charge in [-0.05, 0) is 30.9 Å². The van der Waals surface area contributed by atoms with Crippen LogP contribution < -0.4 is 16.8 Å². The summed E-state index contributed by atoms with van der Waals surface area (Å²) in [7, 11) is 0. The van der Waals surface area contributed by atoms with Gasteiger partial charge in [-0.2, -0.15) is 0 Å². The van der Waals surface area contributed by atoms with Crippen molar-refractivity contribution in [2.24, 2.45) is 17.4 Å². The van der Waals surface area contributed by atoms with E-state index in [1.54, 1.807) is 17.5 Å². The van der Waals surface area contributed by atoms with Crippen molar-refractivity contribution in [2.75, 3.05) is 0 Å². The molecule has 96 valence electrons. The van der Waals surface area contributed by atoms with E-state index < -0.39 is 5.66 Å². The second kappa shape index (κ2) is 4.40. The largest absolute Gasteiger partial charge is 0.399 e. The van der Waals surface area contributed by atoms with Gasteiger partial charge in [0.25, 0.3) is 0 Å². The molecule has 1 saturated carbocycles. The molecule has 18 heavy (non-hydrogen) atoms. The molecule has 1 unspecified atom stereocenters. The van der Waals surface area contributed by atoms with Crippen LogP contribution in [-0.2, 0) is 0 Å². The molecule has 0 saturated heterocycles. The SMILES string of the molecule is NC1=CC(N)(C2CCCC2)NC(c2nccs2)=C1. The van der Waals surface area contributed by atoms with Crippen LogP contribution in [-0.4, -0.2) is 10.6 Å². The summed E-state index contributed by atoms with van der Waals surface area (Å²) in [4.78, 5) is 4.32. The van der Waals surface area contributed by atoms with Gasteiger partial charge in [-0.15, -0.1) is 11.3 Å². The maximum absolute atomic E-state index is 6.52. The number of nitrogens with one attached hydrogen (secondary N) is 1. The van der Waals surface area contributed by atoms with E-state index in [0.29, 0.717) is 5.92 Å². The number of nitrogens with zero attached hydrogens (tertiary/aromatic N) is 1. The van der Waals surface area contributed by atoms with E-state index >= 15 is 0 Å². The number of nitrogens with two attached hydrogens (primary N) is 2. The maximum Gasteiger partial charge on any atom is 0.139 e. The lowest BCUT2D eigenvalue weighted by atomic mass is 9.88. The molecule has 1 aromatic rings. The van der Waals surface area contributed by atoms with Gasteiger partial charge in [-0.3, -0.25) is 0 Å². The van der Waals surface area contributed by atoms with Crippen LogP contribution >= 0.6 is 11.3 Å². The minimum absolute atomic E-state index is 0.458. The highest BCUT2D eigenvalue weighted by atomic mass is 32.1. The number of thiazole rings is 1. The third-order valence-electron chi connectivity index (χ3n) is 3.76. The van der Waals surface area contributed by atoms with Crippen LogP contribution in [0.25, 0.3) is 5.70 Å². The predicted molar refractivity (Wildman–Crippen MR) is 74.4 cm³/mol. The molecule has 0 amide bonds. The highest BCUT2D eigenvalue weighted by Gasteiger charge is 2.37. The van der Waals surface area contributed by atoms with Crippen molar-refractivity contribution in [2.45, 2.75) is 31.3 Å². The van der Waals surface area contributed by atoms with Crippen LogP contribution in [0.3, 0.4) is 0 Å². The van der Waals surface area contributed by atoms with Gasteiger partial charge in [0.15, 0.2) is 0 Å². The molecule has 0 aromatic carbocycles. The van der Waals surface area contributed by atoms with Gasteiger partial charge < -0.3 is 16.8 Å². The zero-order valence-electron chi connectivity index (χ0n) is 10.2. The first-order valence-corrected chi connectivity index (χ1v) is 7.22. The van der Waals surface area contributed by atoms with Crippen LogP contribution in [0.2, 0.25) is 0 Å². The minimum atomic E-state index is -0.518.